The number of nitrogens with zero attached hydrogens (tertiary/aromatic N) is 1. The van der Waals surface area contributed by atoms with Gasteiger partial charge in [0.05, 0.1) is 24.7 Å². The zero-order valence-electron chi connectivity index (χ0n) is 12.1. The second kappa shape index (κ2) is 5.92. The van der Waals surface area contributed by atoms with E-state index in [0.29, 0.717) is 17.6 Å². The lowest BCUT2D eigenvalue weighted by atomic mass is 10.1. The zero-order valence-corrected chi connectivity index (χ0v) is 12.1. The van der Waals surface area contributed by atoms with Crippen LogP contribution >= 0.6 is 0 Å². The summed E-state index contributed by atoms with van der Waals surface area (Å²) in [5, 5.41) is 0. The highest BCUT2D eigenvalue weighted by Crippen LogP contribution is 2.18. The molecule has 0 radical (unpaired) electrons. The minimum Gasteiger partial charge on any atom is -0.468 e. The first-order chi connectivity index (χ1) is 9.92. The van der Waals surface area contributed by atoms with Crippen molar-refractivity contribution in [1.82, 2.24) is 14.9 Å². The van der Waals surface area contributed by atoms with Crippen LogP contribution in [-0.2, 0) is 16.1 Å². The summed E-state index contributed by atoms with van der Waals surface area (Å²) >= 11 is 0. The highest BCUT2D eigenvalue weighted by Gasteiger charge is 2.12. The van der Waals surface area contributed by atoms with Crippen LogP contribution in [0.5, 0.6) is 0 Å². The van der Waals surface area contributed by atoms with E-state index in [4.69, 9.17) is 0 Å². The van der Waals surface area contributed by atoms with Crippen LogP contribution in [0.1, 0.15) is 11.1 Å². The maximum Gasteiger partial charge on any atom is 0.319 e. The van der Waals surface area contributed by atoms with Gasteiger partial charge in [-0.2, -0.15) is 0 Å². The lowest BCUT2D eigenvalue weighted by Crippen LogP contribution is -2.30. The third-order valence-electron chi connectivity index (χ3n) is 3.29. The molecule has 0 fully saturated rings. The van der Waals surface area contributed by atoms with E-state index in [0.717, 1.165) is 11.1 Å². The highest BCUT2D eigenvalue weighted by molar-refractivity contribution is 5.79. The molecule has 0 bridgehead atoms. The Morgan fingerprint density at radius 2 is 1.90 bits per heavy atom. The number of aromatic nitrogens is 2. The maximum atomic E-state index is 11.5. The Balaban J connectivity index is 2.45. The Morgan fingerprint density at radius 1 is 1.24 bits per heavy atom. The summed E-state index contributed by atoms with van der Waals surface area (Å²) in [5.41, 5.74) is 1.59. The molecule has 0 aliphatic carbocycles. The van der Waals surface area contributed by atoms with E-state index in [1.165, 1.54) is 7.11 Å². The van der Waals surface area contributed by atoms with Gasteiger partial charge in [-0.05, 0) is 31.2 Å². The first kappa shape index (κ1) is 15.0. The summed E-state index contributed by atoms with van der Waals surface area (Å²) in [6.07, 6.45) is 0. The number of aromatic amines is 2. The van der Waals surface area contributed by atoms with Gasteiger partial charge >= 0.3 is 17.1 Å². The van der Waals surface area contributed by atoms with Crippen molar-refractivity contribution in [2.45, 2.75) is 13.5 Å². The summed E-state index contributed by atoms with van der Waals surface area (Å²) in [6.45, 7) is 2.49. The molecule has 1 heterocycles. The standard InChI is InChI=1S/C14H17N3O4/c1-8-4-5-10-12(16-14(20)13(19)15-10)9(8)6-17(2)7-11(18)21-3/h4-5H,6-7H2,1-3H3,(H,15,19)(H,16,20). The minimum absolute atomic E-state index is 0.139. The number of hydrogen-bond acceptors (Lipinski definition) is 5. The molecule has 0 aliphatic heterocycles. The van der Waals surface area contributed by atoms with Crippen LogP contribution in [-0.4, -0.2) is 41.5 Å². The van der Waals surface area contributed by atoms with Gasteiger partial charge in [-0.3, -0.25) is 19.3 Å². The Kier molecular flexibility index (Phi) is 4.23. The fraction of sp³-hybridized carbons (Fsp3) is 0.357. The number of H-pyrrole nitrogens is 2. The van der Waals surface area contributed by atoms with Gasteiger partial charge in [-0.25, -0.2) is 0 Å². The van der Waals surface area contributed by atoms with Crippen molar-refractivity contribution in [3.05, 3.63) is 44.0 Å². The predicted octanol–water partition coefficient (Wildman–Crippen LogP) is 0.130. The summed E-state index contributed by atoms with van der Waals surface area (Å²) in [7, 11) is 3.11. The van der Waals surface area contributed by atoms with Crippen LogP contribution in [0.4, 0.5) is 0 Å². The molecule has 2 N–H and O–H groups in total. The number of ether oxygens (including phenoxy) is 1. The third-order valence-corrected chi connectivity index (χ3v) is 3.29. The van der Waals surface area contributed by atoms with E-state index >= 15 is 0 Å². The average Bonchev–Trinajstić information content (AvgIpc) is 2.44. The first-order valence-corrected chi connectivity index (χ1v) is 6.42. The molecule has 7 heteroatoms. The van der Waals surface area contributed by atoms with Gasteiger partial charge in [0.15, 0.2) is 0 Å². The van der Waals surface area contributed by atoms with Gasteiger partial charge in [0.25, 0.3) is 0 Å². The van der Waals surface area contributed by atoms with Crippen LogP contribution < -0.4 is 11.1 Å². The number of carbonyl (C=O) groups excluding carboxylic acids is 1. The predicted molar refractivity (Wildman–Crippen MR) is 78.3 cm³/mol. The van der Waals surface area contributed by atoms with Gasteiger partial charge in [-0.15, -0.1) is 0 Å². The van der Waals surface area contributed by atoms with Crippen molar-refractivity contribution < 1.29 is 9.53 Å². The largest absolute Gasteiger partial charge is 0.468 e. The molecule has 0 unspecified atom stereocenters. The van der Waals surface area contributed by atoms with Crippen LogP contribution in [0.25, 0.3) is 11.0 Å². The second-order valence-corrected chi connectivity index (χ2v) is 4.94. The number of esters is 1. The number of likely N-dealkylation sites (N-methyl/N-ethyl adjacent to an activating group) is 1. The smallest absolute Gasteiger partial charge is 0.319 e. The second-order valence-electron chi connectivity index (χ2n) is 4.94. The van der Waals surface area contributed by atoms with Crippen molar-refractivity contribution in [3.63, 3.8) is 0 Å². The summed E-state index contributed by atoms with van der Waals surface area (Å²) in [4.78, 5) is 41.1. The maximum absolute atomic E-state index is 11.5. The molecule has 1 aromatic heterocycles. The van der Waals surface area contributed by atoms with Crippen molar-refractivity contribution in [2.24, 2.45) is 0 Å². The van der Waals surface area contributed by atoms with Gasteiger partial charge in [0.2, 0.25) is 0 Å². The number of carbonyl (C=O) groups is 1. The normalized spacial score (nSPS) is 11.0. The van der Waals surface area contributed by atoms with Crippen molar-refractivity contribution in [3.8, 4) is 0 Å². The van der Waals surface area contributed by atoms with E-state index in [-0.39, 0.29) is 12.5 Å². The van der Waals surface area contributed by atoms with E-state index < -0.39 is 11.1 Å². The van der Waals surface area contributed by atoms with E-state index in [1.807, 2.05) is 13.0 Å². The molecular formula is C14H17N3O4. The van der Waals surface area contributed by atoms with E-state index in [2.05, 4.69) is 14.7 Å². The van der Waals surface area contributed by atoms with Gasteiger partial charge in [0.1, 0.15) is 0 Å². The van der Waals surface area contributed by atoms with Crippen LogP contribution in [0.2, 0.25) is 0 Å². The molecule has 0 spiro atoms. The average molecular weight is 291 g/mol. The van der Waals surface area contributed by atoms with Crippen molar-refractivity contribution in [2.75, 3.05) is 20.7 Å². The summed E-state index contributed by atoms with van der Waals surface area (Å²) in [6, 6.07) is 3.60. The van der Waals surface area contributed by atoms with Gasteiger partial charge < -0.3 is 14.7 Å². The summed E-state index contributed by atoms with van der Waals surface area (Å²) in [5.74, 6) is -0.336. The molecule has 0 atom stereocenters. The van der Waals surface area contributed by atoms with E-state index in [1.54, 1.807) is 18.0 Å². The Hall–Kier alpha value is -2.41. The van der Waals surface area contributed by atoms with Crippen molar-refractivity contribution >= 4 is 17.0 Å². The molecular weight excluding hydrogens is 274 g/mol. The lowest BCUT2D eigenvalue weighted by molar-refractivity contribution is -0.141. The number of rotatable bonds is 4. The molecule has 0 amide bonds. The van der Waals surface area contributed by atoms with E-state index in [9.17, 15) is 14.4 Å². The van der Waals surface area contributed by atoms with Gasteiger partial charge in [0, 0.05) is 6.54 Å². The number of aryl methyl sites for hydroxylation is 1. The summed E-state index contributed by atoms with van der Waals surface area (Å²) < 4.78 is 4.63. The molecule has 112 valence electrons. The molecule has 21 heavy (non-hydrogen) atoms. The zero-order chi connectivity index (χ0) is 15.6. The van der Waals surface area contributed by atoms with Crippen LogP contribution in [0, 0.1) is 6.92 Å². The van der Waals surface area contributed by atoms with Gasteiger partial charge in [-0.1, -0.05) is 6.07 Å². The minimum atomic E-state index is -0.690. The van der Waals surface area contributed by atoms with Crippen LogP contribution in [0.3, 0.4) is 0 Å². The SMILES string of the molecule is COC(=O)CN(C)Cc1c(C)ccc2[nH]c(=O)c(=O)[nH]c12. The highest BCUT2D eigenvalue weighted by atomic mass is 16.5. The number of fused-ring (bicyclic) bond motifs is 1. The molecule has 7 nitrogen and oxygen atoms in total. The Labute approximate surface area is 120 Å². The third kappa shape index (κ3) is 3.19. The Bertz CT molecular complexity index is 791. The number of methoxy groups -OCH3 is 1. The number of nitrogens with one attached hydrogen (secondary N) is 2. The molecule has 2 rings (SSSR count). The number of benzene rings is 1. The molecule has 2 aromatic rings. The van der Waals surface area contributed by atoms with Crippen LogP contribution in [0.15, 0.2) is 21.7 Å². The number of hydrogen-bond donors (Lipinski definition) is 2. The monoisotopic (exact) mass is 291 g/mol. The topological polar surface area (TPSA) is 95.3 Å². The quantitative estimate of drug-likeness (QED) is 0.616. The lowest BCUT2D eigenvalue weighted by Gasteiger charge is -2.18. The van der Waals surface area contributed by atoms with Crippen molar-refractivity contribution in [1.29, 1.82) is 0 Å². The molecule has 0 saturated carbocycles. The first-order valence-electron chi connectivity index (χ1n) is 6.42. The molecule has 0 aliphatic rings. The fourth-order valence-electron chi connectivity index (χ4n) is 2.16. The molecule has 0 saturated heterocycles. The fourth-order valence-corrected chi connectivity index (χ4v) is 2.16. The Morgan fingerprint density at radius 3 is 2.57 bits per heavy atom. The molecule has 1 aromatic carbocycles.